The Kier molecular flexibility index (Phi) is 5.59. The van der Waals surface area contributed by atoms with Gasteiger partial charge in [-0.05, 0) is 55.2 Å². The highest BCUT2D eigenvalue weighted by Crippen LogP contribution is 2.17. The highest BCUT2D eigenvalue weighted by atomic mass is 16.5. The first-order chi connectivity index (χ1) is 10.6. The van der Waals surface area contributed by atoms with Gasteiger partial charge in [0.1, 0.15) is 12.4 Å². The molecule has 0 aliphatic rings. The van der Waals surface area contributed by atoms with Crippen LogP contribution in [0.15, 0.2) is 42.5 Å². The molecule has 2 aromatic carbocycles. The van der Waals surface area contributed by atoms with E-state index < -0.39 is 0 Å². The summed E-state index contributed by atoms with van der Waals surface area (Å²) in [7, 11) is 0. The maximum atomic E-state index is 12.1. The smallest absolute Gasteiger partial charge is 0.251 e. The van der Waals surface area contributed by atoms with Crippen LogP contribution in [0.1, 0.15) is 34.0 Å². The SMILES string of the molecule is CCc1ccccc1OCCNC(=O)c1ccc(C)c(C)c1. The zero-order valence-corrected chi connectivity index (χ0v) is 13.5. The minimum Gasteiger partial charge on any atom is -0.491 e. The molecule has 22 heavy (non-hydrogen) atoms. The minimum absolute atomic E-state index is 0.0597. The van der Waals surface area contributed by atoms with Crippen LogP contribution >= 0.6 is 0 Å². The van der Waals surface area contributed by atoms with Crippen LogP contribution < -0.4 is 10.1 Å². The lowest BCUT2D eigenvalue weighted by Crippen LogP contribution is -2.28. The Balaban J connectivity index is 1.83. The second kappa shape index (κ2) is 7.64. The molecule has 0 saturated heterocycles. The average Bonchev–Trinajstić information content (AvgIpc) is 2.54. The van der Waals surface area contributed by atoms with Crippen LogP contribution in [0.2, 0.25) is 0 Å². The molecular formula is C19H23NO2. The molecule has 0 heterocycles. The van der Waals surface area contributed by atoms with Gasteiger partial charge < -0.3 is 10.1 Å². The Labute approximate surface area is 132 Å². The standard InChI is InChI=1S/C19H23NO2/c1-4-16-7-5-6-8-18(16)22-12-11-20-19(21)17-10-9-14(2)15(3)13-17/h5-10,13H,4,11-12H2,1-3H3,(H,20,21). The highest BCUT2D eigenvalue weighted by Gasteiger charge is 2.06. The van der Waals surface area contributed by atoms with Crippen LogP contribution in [0, 0.1) is 13.8 Å². The lowest BCUT2D eigenvalue weighted by molar-refractivity contribution is 0.0947. The number of ether oxygens (including phenoxy) is 1. The van der Waals surface area contributed by atoms with Crippen molar-refractivity contribution in [2.75, 3.05) is 13.2 Å². The van der Waals surface area contributed by atoms with Crippen molar-refractivity contribution in [1.29, 1.82) is 0 Å². The zero-order valence-electron chi connectivity index (χ0n) is 13.5. The number of nitrogens with one attached hydrogen (secondary N) is 1. The Morgan fingerprint density at radius 2 is 1.86 bits per heavy atom. The van der Waals surface area contributed by atoms with E-state index in [1.165, 1.54) is 11.1 Å². The number of carbonyl (C=O) groups excluding carboxylic acids is 1. The Morgan fingerprint density at radius 3 is 2.59 bits per heavy atom. The Hall–Kier alpha value is -2.29. The molecule has 2 aromatic rings. The highest BCUT2D eigenvalue weighted by molar-refractivity contribution is 5.94. The summed E-state index contributed by atoms with van der Waals surface area (Å²) in [5.74, 6) is 0.834. The monoisotopic (exact) mass is 297 g/mol. The molecule has 3 nitrogen and oxygen atoms in total. The van der Waals surface area contributed by atoms with Crippen molar-refractivity contribution < 1.29 is 9.53 Å². The Morgan fingerprint density at radius 1 is 1.09 bits per heavy atom. The van der Waals surface area contributed by atoms with Crippen LogP contribution in [0.25, 0.3) is 0 Å². The first-order valence-corrected chi connectivity index (χ1v) is 7.68. The molecule has 0 aliphatic carbocycles. The van der Waals surface area contributed by atoms with Crippen LogP contribution in [0.3, 0.4) is 0 Å². The number of hydrogen-bond acceptors (Lipinski definition) is 2. The number of aryl methyl sites for hydroxylation is 3. The summed E-state index contributed by atoms with van der Waals surface area (Å²) < 4.78 is 5.74. The Bertz CT molecular complexity index is 650. The van der Waals surface area contributed by atoms with Gasteiger partial charge in [0.15, 0.2) is 0 Å². The fourth-order valence-electron chi connectivity index (χ4n) is 2.25. The predicted molar refractivity (Wildman–Crippen MR) is 89.6 cm³/mol. The largest absolute Gasteiger partial charge is 0.491 e. The quantitative estimate of drug-likeness (QED) is 0.826. The van der Waals surface area contributed by atoms with Crippen molar-refractivity contribution in [2.24, 2.45) is 0 Å². The summed E-state index contributed by atoms with van der Waals surface area (Å²) in [4.78, 5) is 12.1. The molecule has 0 unspecified atom stereocenters. The minimum atomic E-state index is -0.0597. The van der Waals surface area contributed by atoms with Gasteiger partial charge in [-0.25, -0.2) is 0 Å². The second-order valence-electron chi connectivity index (χ2n) is 5.36. The maximum Gasteiger partial charge on any atom is 0.251 e. The lowest BCUT2D eigenvalue weighted by Gasteiger charge is -2.11. The van der Waals surface area contributed by atoms with Crippen molar-refractivity contribution in [3.63, 3.8) is 0 Å². The van der Waals surface area contributed by atoms with Crippen molar-refractivity contribution in [3.8, 4) is 5.75 Å². The van der Waals surface area contributed by atoms with E-state index in [1.54, 1.807) is 0 Å². The summed E-state index contributed by atoms with van der Waals surface area (Å²) in [5.41, 5.74) is 4.19. The van der Waals surface area contributed by atoms with Crippen molar-refractivity contribution in [1.82, 2.24) is 5.32 Å². The van der Waals surface area contributed by atoms with Gasteiger partial charge in [0.25, 0.3) is 5.91 Å². The van der Waals surface area contributed by atoms with E-state index in [9.17, 15) is 4.79 Å². The van der Waals surface area contributed by atoms with Gasteiger partial charge in [0.2, 0.25) is 0 Å². The summed E-state index contributed by atoms with van der Waals surface area (Å²) in [6.45, 7) is 7.11. The predicted octanol–water partition coefficient (Wildman–Crippen LogP) is 3.67. The summed E-state index contributed by atoms with van der Waals surface area (Å²) in [5, 5.41) is 2.89. The molecule has 0 aliphatic heterocycles. The molecule has 2 rings (SSSR count). The van der Waals surface area contributed by atoms with E-state index in [0.29, 0.717) is 18.7 Å². The molecule has 1 N–H and O–H groups in total. The third-order valence-corrected chi connectivity index (χ3v) is 3.77. The first-order valence-electron chi connectivity index (χ1n) is 7.68. The molecule has 0 saturated carbocycles. The van der Waals surface area contributed by atoms with E-state index in [2.05, 4.69) is 18.3 Å². The molecular weight excluding hydrogens is 274 g/mol. The second-order valence-corrected chi connectivity index (χ2v) is 5.36. The zero-order chi connectivity index (χ0) is 15.9. The summed E-state index contributed by atoms with van der Waals surface area (Å²) in [6, 6.07) is 13.7. The van der Waals surface area contributed by atoms with Crippen LogP contribution in [-0.4, -0.2) is 19.1 Å². The van der Waals surface area contributed by atoms with E-state index in [0.717, 1.165) is 17.7 Å². The fourth-order valence-corrected chi connectivity index (χ4v) is 2.25. The number of hydrogen-bond donors (Lipinski definition) is 1. The number of rotatable bonds is 6. The van der Waals surface area contributed by atoms with E-state index in [4.69, 9.17) is 4.74 Å². The topological polar surface area (TPSA) is 38.3 Å². The molecule has 0 bridgehead atoms. The maximum absolute atomic E-state index is 12.1. The third-order valence-electron chi connectivity index (χ3n) is 3.77. The molecule has 0 atom stereocenters. The first kappa shape index (κ1) is 16.1. The fraction of sp³-hybridized carbons (Fsp3) is 0.316. The van der Waals surface area contributed by atoms with Crippen molar-refractivity contribution in [3.05, 3.63) is 64.7 Å². The number of amides is 1. The van der Waals surface area contributed by atoms with Gasteiger partial charge in [0.05, 0.1) is 6.54 Å². The third kappa shape index (κ3) is 4.10. The van der Waals surface area contributed by atoms with E-state index in [-0.39, 0.29) is 5.91 Å². The summed E-state index contributed by atoms with van der Waals surface area (Å²) in [6.07, 6.45) is 0.936. The normalized spacial score (nSPS) is 10.3. The molecule has 0 fully saturated rings. The van der Waals surface area contributed by atoms with Gasteiger partial charge in [-0.3, -0.25) is 4.79 Å². The molecule has 1 amide bonds. The number of carbonyl (C=O) groups is 1. The molecule has 0 aromatic heterocycles. The van der Waals surface area contributed by atoms with Gasteiger partial charge in [-0.15, -0.1) is 0 Å². The van der Waals surface area contributed by atoms with Gasteiger partial charge >= 0.3 is 0 Å². The molecule has 116 valence electrons. The van der Waals surface area contributed by atoms with Crippen LogP contribution in [-0.2, 0) is 6.42 Å². The molecule has 0 spiro atoms. The van der Waals surface area contributed by atoms with Gasteiger partial charge in [-0.2, -0.15) is 0 Å². The van der Waals surface area contributed by atoms with Crippen LogP contribution in [0.5, 0.6) is 5.75 Å². The van der Waals surface area contributed by atoms with Gasteiger partial charge in [0, 0.05) is 5.56 Å². The molecule has 3 heteroatoms. The lowest BCUT2D eigenvalue weighted by atomic mass is 10.1. The van der Waals surface area contributed by atoms with Gasteiger partial charge in [-0.1, -0.05) is 31.2 Å². The van der Waals surface area contributed by atoms with Crippen molar-refractivity contribution >= 4 is 5.91 Å². The van der Waals surface area contributed by atoms with Crippen molar-refractivity contribution in [2.45, 2.75) is 27.2 Å². The van der Waals surface area contributed by atoms with E-state index in [1.807, 2.05) is 50.2 Å². The number of para-hydroxylation sites is 1. The molecule has 0 radical (unpaired) electrons. The number of benzene rings is 2. The average molecular weight is 297 g/mol. The van der Waals surface area contributed by atoms with Crippen LogP contribution in [0.4, 0.5) is 0 Å². The summed E-state index contributed by atoms with van der Waals surface area (Å²) >= 11 is 0. The van der Waals surface area contributed by atoms with E-state index >= 15 is 0 Å².